The summed E-state index contributed by atoms with van der Waals surface area (Å²) in [6.07, 6.45) is 0. The Kier molecular flexibility index (Phi) is 6.34. The fraction of sp³-hybridized carbons (Fsp3) is 0.538. The Balaban J connectivity index is 2.57. The molecule has 0 spiro atoms. The second kappa shape index (κ2) is 7.54. The Labute approximate surface area is 109 Å². The third kappa shape index (κ3) is 4.94. The van der Waals surface area contributed by atoms with E-state index in [1.165, 1.54) is 5.56 Å². The van der Waals surface area contributed by atoms with Crippen molar-refractivity contribution >= 4 is 11.6 Å². The lowest BCUT2D eigenvalue weighted by molar-refractivity contribution is 0.326. The minimum absolute atomic E-state index is 0.640. The highest BCUT2D eigenvalue weighted by Crippen LogP contribution is 2.25. The van der Waals surface area contributed by atoms with E-state index in [4.69, 9.17) is 16.3 Å². The molecule has 0 aliphatic rings. The molecule has 0 saturated heterocycles. The molecule has 1 N–H and O–H groups in total. The average Bonchev–Trinajstić information content (AvgIpc) is 2.30. The van der Waals surface area contributed by atoms with Gasteiger partial charge in [0.05, 0.1) is 11.6 Å². The van der Waals surface area contributed by atoms with Gasteiger partial charge in [-0.25, -0.2) is 0 Å². The summed E-state index contributed by atoms with van der Waals surface area (Å²) < 4.78 is 5.41. The van der Waals surface area contributed by atoms with Gasteiger partial charge in [-0.05, 0) is 38.7 Å². The number of nitrogens with zero attached hydrogens (tertiary/aromatic N) is 1. The molecule has 0 amide bonds. The van der Waals surface area contributed by atoms with Gasteiger partial charge in [0.2, 0.25) is 0 Å². The summed E-state index contributed by atoms with van der Waals surface area (Å²) in [5.41, 5.74) is 1.21. The minimum atomic E-state index is 0.640. The normalized spacial score (nSPS) is 10.9. The highest BCUT2D eigenvalue weighted by Gasteiger charge is 2.04. The Morgan fingerprint density at radius 3 is 2.76 bits per heavy atom. The first-order valence-electron chi connectivity index (χ1n) is 5.91. The fourth-order valence-electron chi connectivity index (χ4n) is 1.61. The Morgan fingerprint density at radius 2 is 2.18 bits per heavy atom. The Morgan fingerprint density at radius 1 is 1.41 bits per heavy atom. The Bertz CT molecular complexity index is 344. The van der Waals surface area contributed by atoms with Gasteiger partial charge in [0, 0.05) is 19.6 Å². The van der Waals surface area contributed by atoms with Crippen LogP contribution in [0.4, 0.5) is 0 Å². The second-order valence-corrected chi connectivity index (χ2v) is 4.45. The average molecular weight is 257 g/mol. The zero-order valence-corrected chi connectivity index (χ0v) is 11.5. The van der Waals surface area contributed by atoms with E-state index < -0.39 is 0 Å². The fourth-order valence-corrected chi connectivity index (χ4v) is 1.87. The van der Waals surface area contributed by atoms with Crippen LogP contribution >= 0.6 is 11.6 Å². The van der Waals surface area contributed by atoms with Crippen LogP contribution < -0.4 is 10.1 Å². The zero-order chi connectivity index (χ0) is 12.7. The van der Waals surface area contributed by atoms with Crippen molar-refractivity contribution in [2.24, 2.45) is 0 Å². The van der Waals surface area contributed by atoms with E-state index in [2.05, 4.69) is 23.3 Å². The monoisotopic (exact) mass is 256 g/mol. The second-order valence-electron chi connectivity index (χ2n) is 4.04. The van der Waals surface area contributed by atoms with Crippen molar-refractivity contribution in [3.63, 3.8) is 0 Å². The highest BCUT2D eigenvalue weighted by atomic mass is 35.5. The van der Waals surface area contributed by atoms with Crippen LogP contribution in [0.3, 0.4) is 0 Å². The first-order chi connectivity index (χ1) is 8.17. The quantitative estimate of drug-likeness (QED) is 0.811. The summed E-state index contributed by atoms with van der Waals surface area (Å²) in [6.45, 7) is 5.49. The zero-order valence-electron chi connectivity index (χ0n) is 10.8. The summed E-state index contributed by atoms with van der Waals surface area (Å²) in [5.74, 6) is 0.760. The summed E-state index contributed by atoms with van der Waals surface area (Å²) in [7, 11) is 4.06. The maximum Gasteiger partial charge on any atom is 0.137 e. The van der Waals surface area contributed by atoms with Gasteiger partial charge < -0.3 is 15.0 Å². The topological polar surface area (TPSA) is 24.5 Å². The third-order valence-corrected chi connectivity index (χ3v) is 2.79. The predicted molar refractivity (Wildman–Crippen MR) is 72.9 cm³/mol. The molecule has 0 fully saturated rings. The van der Waals surface area contributed by atoms with Gasteiger partial charge in [-0.15, -0.1) is 0 Å². The van der Waals surface area contributed by atoms with E-state index in [9.17, 15) is 0 Å². The maximum atomic E-state index is 6.14. The number of halogens is 1. The molecule has 0 aromatic heterocycles. The van der Waals surface area contributed by atoms with Crippen molar-refractivity contribution < 1.29 is 4.74 Å². The summed E-state index contributed by atoms with van der Waals surface area (Å²) in [4.78, 5) is 2.25. The molecule has 0 aliphatic heterocycles. The van der Waals surface area contributed by atoms with Crippen molar-refractivity contribution in [2.75, 3.05) is 33.8 Å². The van der Waals surface area contributed by atoms with Crippen LogP contribution in [0.2, 0.25) is 5.02 Å². The number of hydrogen-bond acceptors (Lipinski definition) is 3. The summed E-state index contributed by atoms with van der Waals surface area (Å²) in [5, 5.41) is 3.82. The van der Waals surface area contributed by atoms with Gasteiger partial charge in [-0.1, -0.05) is 17.7 Å². The van der Waals surface area contributed by atoms with E-state index in [0.717, 1.165) is 25.4 Å². The molecule has 0 bridgehead atoms. The van der Waals surface area contributed by atoms with E-state index in [-0.39, 0.29) is 0 Å². The van der Waals surface area contributed by atoms with Gasteiger partial charge in [0.1, 0.15) is 5.75 Å². The molecule has 0 radical (unpaired) electrons. The van der Waals surface area contributed by atoms with Gasteiger partial charge in [0.25, 0.3) is 0 Å². The molecular formula is C13H21ClN2O. The van der Waals surface area contributed by atoms with Crippen LogP contribution in [0.5, 0.6) is 5.75 Å². The standard InChI is InChI=1S/C13H21ClN2O/c1-4-17-13-6-5-11(9-12(13)14)10-16(3)8-7-15-2/h5-6,9,15H,4,7-8,10H2,1-3H3. The van der Waals surface area contributed by atoms with Crippen molar-refractivity contribution in [2.45, 2.75) is 13.5 Å². The van der Waals surface area contributed by atoms with Gasteiger partial charge in [-0.3, -0.25) is 0 Å². The molecule has 0 unspecified atom stereocenters. The van der Waals surface area contributed by atoms with Crippen LogP contribution in [-0.2, 0) is 6.54 Å². The summed E-state index contributed by atoms with van der Waals surface area (Å²) >= 11 is 6.14. The molecule has 96 valence electrons. The molecule has 1 aromatic rings. The number of likely N-dealkylation sites (N-methyl/N-ethyl adjacent to an activating group) is 2. The van der Waals surface area contributed by atoms with Gasteiger partial charge in [0.15, 0.2) is 0 Å². The third-order valence-electron chi connectivity index (χ3n) is 2.49. The number of nitrogens with one attached hydrogen (secondary N) is 1. The lowest BCUT2D eigenvalue weighted by Gasteiger charge is -2.17. The van der Waals surface area contributed by atoms with Crippen molar-refractivity contribution in [3.8, 4) is 5.75 Å². The molecular weight excluding hydrogens is 236 g/mol. The summed E-state index contributed by atoms with van der Waals surface area (Å²) in [6, 6.07) is 5.97. The van der Waals surface area contributed by atoms with E-state index in [1.807, 2.05) is 26.1 Å². The Hall–Kier alpha value is -0.770. The molecule has 0 atom stereocenters. The van der Waals surface area contributed by atoms with Crippen LogP contribution in [-0.4, -0.2) is 38.7 Å². The number of benzene rings is 1. The first kappa shape index (κ1) is 14.3. The van der Waals surface area contributed by atoms with E-state index >= 15 is 0 Å². The van der Waals surface area contributed by atoms with Crippen molar-refractivity contribution in [3.05, 3.63) is 28.8 Å². The largest absolute Gasteiger partial charge is 0.492 e. The molecule has 4 heteroatoms. The molecule has 3 nitrogen and oxygen atoms in total. The number of hydrogen-bond donors (Lipinski definition) is 1. The van der Waals surface area contributed by atoms with Crippen LogP contribution in [0.1, 0.15) is 12.5 Å². The molecule has 1 rings (SSSR count). The lowest BCUT2D eigenvalue weighted by atomic mass is 10.2. The van der Waals surface area contributed by atoms with E-state index in [0.29, 0.717) is 11.6 Å². The van der Waals surface area contributed by atoms with Crippen molar-refractivity contribution in [1.29, 1.82) is 0 Å². The SMILES string of the molecule is CCOc1ccc(CN(C)CCNC)cc1Cl. The highest BCUT2D eigenvalue weighted by molar-refractivity contribution is 6.32. The molecule has 0 aliphatic carbocycles. The first-order valence-corrected chi connectivity index (χ1v) is 6.29. The maximum absolute atomic E-state index is 6.14. The number of rotatable bonds is 7. The van der Waals surface area contributed by atoms with Gasteiger partial charge >= 0.3 is 0 Å². The molecule has 0 saturated carbocycles. The smallest absolute Gasteiger partial charge is 0.137 e. The van der Waals surface area contributed by atoms with Crippen LogP contribution in [0.15, 0.2) is 18.2 Å². The lowest BCUT2D eigenvalue weighted by Crippen LogP contribution is -2.26. The molecule has 17 heavy (non-hydrogen) atoms. The molecule has 0 heterocycles. The van der Waals surface area contributed by atoms with E-state index in [1.54, 1.807) is 0 Å². The van der Waals surface area contributed by atoms with Crippen molar-refractivity contribution in [1.82, 2.24) is 10.2 Å². The van der Waals surface area contributed by atoms with Gasteiger partial charge in [-0.2, -0.15) is 0 Å². The van der Waals surface area contributed by atoms with Crippen LogP contribution in [0, 0.1) is 0 Å². The minimum Gasteiger partial charge on any atom is -0.492 e. The van der Waals surface area contributed by atoms with Crippen LogP contribution in [0.25, 0.3) is 0 Å². The predicted octanol–water partition coefficient (Wildman–Crippen LogP) is 2.39. The molecule has 1 aromatic carbocycles. The number of ether oxygens (including phenoxy) is 1.